The number of likely N-dealkylation sites (N-methyl/N-ethyl adjacent to an activating group) is 1. The molecule has 3 amide bonds. The van der Waals surface area contributed by atoms with Crippen LogP contribution in [0, 0.1) is 0 Å². The van der Waals surface area contributed by atoms with E-state index < -0.39 is 5.54 Å². The van der Waals surface area contributed by atoms with Crippen molar-refractivity contribution >= 4 is 17.7 Å². The predicted octanol–water partition coefficient (Wildman–Crippen LogP) is 2.17. The van der Waals surface area contributed by atoms with E-state index in [1.807, 2.05) is 25.1 Å². The molecule has 0 bridgehead atoms. The number of nitrogens with zero attached hydrogens (tertiary/aromatic N) is 3. The monoisotopic (exact) mass is 497 g/mol. The Bertz CT molecular complexity index is 1140. The van der Waals surface area contributed by atoms with E-state index in [-0.39, 0.29) is 36.0 Å². The molecule has 36 heavy (non-hydrogen) atoms. The topological polar surface area (TPSA) is 115 Å². The number of fused-ring (bicyclic) bond motifs is 1. The highest BCUT2D eigenvalue weighted by molar-refractivity contribution is 6.01. The maximum Gasteiger partial charge on any atom is 0.273 e. The third-order valence-corrected chi connectivity index (χ3v) is 7.17. The van der Waals surface area contributed by atoms with Crippen molar-refractivity contribution in [3.63, 3.8) is 0 Å². The molecule has 1 unspecified atom stereocenters. The first-order valence-corrected chi connectivity index (χ1v) is 12.5. The highest BCUT2D eigenvalue weighted by Gasteiger charge is 2.48. The number of hydrogen-bond acceptors (Lipinski definition) is 6. The summed E-state index contributed by atoms with van der Waals surface area (Å²) in [5.41, 5.74) is 0.374. The SMILES string of the molecule is CCN1C(=O)c2cc(C(=O)NCCc3ccc(OC)c(OC)c3)nn2CC1(C)C(=O)NC1CCCC1. The van der Waals surface area contributed by atoms with Crippen LogP contribution in [0.2, 0.25) is 0 Å². The highest BCUT2D eigenvalue weighted by atomic mass is 16.5. The number of aromatic nitrogens is 2. The molecule has 1 aromatic carbocycles. The Kier molecular flexibility index (Phi) is 7.51. The quantitative estimate of drug-likeness (QED) is 0.549. The smallest absolute Gasteiger partial charge is 0.273 e. The van der Waals surface area contributed by atoms with Crippen LogP contribution in [0.3, 0.4) is 0 Å². The van der Waals surface area contributed by atoms with E-state index in [2.05, 4.69) is 15.7 Å². The van der Waals surface area contributed by atoms with Gasteiger partial charge in [0.15, 0.2) is 17.2 Å². The second-order valence-corrected chi connectivity index (χ2v) is 9.55. The Balaban J connectivity index is 1.44. The van der Waals surface area contributed by atoms with Crippen LogP contribution in [0.1, 0.15) is 66.1 Å². The van der Waals surface area contributed by atoms with Crippen LogP contribution < -0.4 is 20.1 Å². The molecule has 2 N–H and O–H groups in total. The highest BCUT2D eigenvalue weighted by Crippen LogP contribution is 2.29. The van der Waals surface area contributed by atoms with Crippen molar-refractivity contribution in [2.24, 2.45) is 0 Å². The summed E-state index contributed by atoms with van der Waals surface area (Å²) in [5.74, 6) is 0.424. The maximum absolute atomic E-state index is 13.3. The van der Waals surface area contributed by atoms with Crippen molar-refractivity contribution in [2.75, 3.05) is 27.3 Å². The molecular formula is C26H35N5O5. The Hall–Kier alpha value is -3.56. The lowest BCUT2D eigenvalue weighted by molar-refractivity contribution is -0.133. The minimum absolute atomic E-state index is 0.147. The molecule has 4 rings (SSSR count). The van der Waals surface area contributed by atoms with Gasteiger partial charge in [0, 0.05) is 25.2 Å². The van der Waals surface area contributed by atoms with Gasteiger partial charge in [-0.2, -0.15) is 5.10 Å². The van der Waals surface area contributed by atoms with Gasteiger partial charge in [0.25, 0.3) is 11.8 Å². The van der Waals surface area contributed by atoms with E-state index in [0.29, 0.717) is 36.7 Å². The molecule has 2 aromatic rings. The molecule has 10 nitrogen and oxygen atoms in total. The molecule has 1 saturated carbocycles. The van der Waals surface area contributed by atoms with E-state index in [4.69, 9.17) is 9.47 Å². The molecule has 1 aliphatic heterocycles. The molecule has 1 atom stereocenters. The lowest BCUT2D eigenvalue weighted by atomic mass is 9.94. The summed E-state index contributed by atoms with van der Waals surface area (Å²) in [7, 11) is 3.16. The minimum atomic E-state index is -1.07. The molecule has 1 aliphatic carbocycles. The molecule has 2 heterocycles. The average molecular weight is 498 g/mol. The summed E-state index contributed by atoms with van der Waals surface area (Å²) < 4.78 is 12.1. The summed E-state index contributed by atoms with van der Waals surface area (Å²) in [5, 5.41) is 10.4. The number of carbonyl (C=O) groups is 3. The van der Waals surface area contributed by atoms with Gasteiger partial charge < -0.3 is 25.0 Å². The zero-order chi connectivity index (χ0) is 25.9. The third-order valence-electron chi connectivity index (χ3n) is 7.17. The van der Waals surface area contributed by atoms with Crippen molar-refractivity contribution in [3.05, 3.63) is 41.2 Å². The van der Waals surface area contributed by atoms with Gasteiger partial charge in [-0.05, 0) is 50.8 Å². The average Bonchev–Trinajstić information content (AvgIpc) is 3.54. The van der Waals surface area contributed by atoms with Gasteiger partial charge in [-0.3, -0.25) is 19.1 Å². The zero-order valence-corrected chi connectivity index (χ0v) is 21.4. The number of hydrogen-bond donors (Lipinski definition) is 2. The lowest BCUT2D eigenvalue weighted by Crippen LogP contribution is -2.64. The van der Waals surface area contributed by atoms with Crippen molar-refractivity contribution in [1.82, 2.24) is 25.3 Å². The van der Waals surface area contributed by atoms with Crippen LogP contribution in [0.4, 0.5) is 0 Å². The first-order chi connectivity index (χ1) is 17.3. The Morgan fingerprint density at radius 3 is 2.53 bits per heavy atom. The molecule has 0 radical (unpaired) electrons. The molecular weight excluding hydrogens is 462 g/mol. The zero-order valence-electron chi connectivity index (χ0n) is 21.4. The van der Waals surface area contributed by atoms with Crippen molar-refractivity contribution < 1.29 is 23.9 Å². The molecule has 1 fully saturated rings. The van der Waals surface area contributed by atoms with E-state index in [9.17, 15) is 14.4 Å². The van der Waals surface area contributed by atoms with Gasteiger partial charge >= 0.3 is 0 Å². The largest absolute Gasteiger partial charge is 0.493 e. The van der Waals surface area contributed by atoms with Gasteiger partial charge in [0.2, 0.25) is 5.91 Å². The van der Waals surface area contributed by atoms with Crippen LogP contribution in [0.5, 0.6) is 11.5 Å². The first-order valence-electron chi connectivity index (χ1n) is 12.5. The van der Waals surface area contributed by atoms with Gasteiger partial charge in [0.1, 0.15) is 11.2 Å². The van der Waals surface area contributed by atoms with Gasteiger partial charge in [-0.25, -0.2) is 0 Å². The van der Waals surface area contributed by atoms with E-state index in [0.717, 1.165) is 31.2 Å². The lowest BCUT2D eigenvalue weighted by Gasteiger charge is -2.43. The van der Waals surface area contributed by atoms with Gasteiger partial charge in [-0.1, -0.05) is 18.9 Å². The fourth-order valence-corrected chi connectivity index (χ4v) is 5.10. The van der Waals surface area contributed by atoms with E-state index >= 15 is 0 Å². The van der Waals surface area contributed by atoms with Gasteiger partial charge in [-0.15, -0.1) is 0 Å². The van der Waals surface area contributed by atoms with Crippen molar-refractivity contribution in [1.29, 1.82) is 0 Å². The summed E-state index contributed by atoms with van der Waals surface area (Å²) in [6.07, 6.45) is 4.71. The van der Waals surface area contributed by atoms with Crippen molar-refractivity contribution in [2.45, 2.75) is 64.1 Å². The van der Waals surface area contributed by atoms with E-state index in [1.165, 1.54) is 10.7 Å². The molecule has 10 heteroatoms. The predicted molar refractivity (Wildman–Crippen MR) is 133 cm³/mol. The number of methoxy groups -OCH3 is 2. The van der Waals surface area contributed by atoms with Gasteiger partial charge in [0.05, 0.1) is 20.8 Å². The van der Waals surface area contributed by atoms with Crippen LogP contribution in [-0.2, 0) is 17.8 Å². The second kappa shape index (κ2) is 10.6. The second-order valence-electron chi connectivity index (χ2n) is 9.55. The number of benzene rings is 1. The summed E-state index contributed by atoms with van der Waals surface area (Å²) in [6, 6.07) is 7.26. The summed E-state index contributed by atoms with van der Waals surface area (Å²) in [4.78, 5) is 40.9. The maximum atomic E-state index is 13.3. The Morgan fingerprint density at radius 2 is 1.86 bits per heavy atom. The van der Waals surface area contributed by atoms with Crippen LogP contribution in [-0.4, -0.2) is 71.3 Å². The number of ether oxygens (including phenoxy) is 2. The first kappa shape index (κ1) is 25.5. The van der Waals surface area contributed by atoms with Crippen LogP contribution in [0.25, 0.3) is 0 Å². The molecule has 0 spiro atoms. The Labute approximate surface area is 211 Å². The molecule has 2 aliphatic rings. The van der Waals surface area contributed by atoms with Crippen LogP contribution >= 0.6 is 0 Å². The molecule has 1 aromatic heterocycles. The fourth-order valence-electron chi connectivity index (χ4n) is 5.10. The van der Waals surface area contributed by atoms with Crippen molar-refractivity contribution in [3.8, 4) is 11.5 Å². The molecule has 194 valence electrons. The number of carbonyl (C=O) groups excluding carboxylic acids is 3. The number of nitrogens with one attached hydrogen (secondary N) is 2. The fraction of sp³-hybridized carbons (Fsp3) is 0.538. The van der Waals surface area contributed by atoms with Crippen LogP contribution in [0.15, 0.2) is 24.3 Å². The third kappa shape index (κ3) is 4.89. The normalized spacial score (nSPS) is 19.7. The standard InChI is InChI=1S/C26H35N5O5/c1-5-30-24(33)20-15-19(23(32)27-13-12-17-10-11-21(35-3)22(14-17)36-4)29-31(20)16-26(30,2)25(34)28-18-8-6-7-9-18/h10-11,14-15,18H,5-9,12-13,16H2,1-4H3,(H,27,32)(H,28,34). The Morgan fingerprint density at radius 1 is 1.14 bits per heavy atom. The minimum Gasteiger partial charge on any atom is -0.493 e. The number of rotatable bonds is 9. The molecule has 0 saturated heterocycles. The summed E-state index contributed by atoms with van der Waals surface area (Å²) >= 11 is 0. The van der Waals surface area contributed by atoms with E-state index in [1.54, 1.807) is 26.0 Å². The summed E-state index contributed by atoms with van der Waals surface area (Å²) in [6.45, 7) is 4.58. The number of amides is 3.